The van der Waals surface area contributed by atoms with Crippen LogP contribution in [0.3, 0.4) is 0 Å². The molecule has 1 aromatic carbocycles. The number of rotatable bonds is 4. The fraction of sp³-hybridized carbons (Fsp3) is 0.583. The maximum atomic E-state index is 13.3. The van der Waals surface area contributed by atoms with Crippen LogP contribution in [0.15, 0.2) is 47.7 Å². The number of benzene rings is 1. The van der Waals surface area contributed by atoms with E-state index in [0.29, 0.717) is 12.5 Å². The summed E-state index contributed by atoms with van der Waals surface area (Å²) < 4.78 is 19.7. The molecule has 0 aromatic heterocycles. The lowest BCUT2D eigenvalue weighted by molar-refractivity contribution is 0.0219. The molecular weight excluding hydrogens is 367 g/mol. The molecule has 5 rings (SSSR count). The quantitative estimate of drug-likeness (QED) is 0.818. The minimum absolute atomic E-state index is 0.122. The Morgan fingerprint density at radius 1 is 1.00 bits per heavy atom. The number of likely N-dealkylation sites (tertiary alicyclic amines) is 1. The Morgan fingerprint density at radius 3 is 2.45 bits per heavy atom. The zero-order valence-corrected chi connectivity index (χ0v) is 17.0. The minimum atomic E-state index is -0.533. The molecule has 2 atom stereocenters. The van der Waals surface area contributed by atoms with E-state index >= 15 is 0 Å². The van der Waals surface area contributed by atoms with Gasteiger partial charge >= 0.3 is 0 Å². The lowest BCUT2D eigenvalue weighted by Gasteiger charge is -2.44. The second kappa shape index (κ2) is 8.11. The van der Waals surface area contributed by atoms with E-state index in [-0.39, 0.29) is 11.9 Å². The van der Waals surface area contributed by atoms with E-state index in [4.69, 9.17) is 4.74 Å². The Labute approximate surface area is 172 Å². The lowest BCUT2D eigenvalue weighted by Crippen LogP contribution is -2.48. The zero-order chi connectivity index (χ0) is 19.8. The third-order valence-corrected chi connectivity index (χ3v) is 7.14. The van der Waals surface area contributed by atoms with Crippen LogP contribution in [-0.4, -0.2) is 47.5 Å². The van der Waals surface area contributed by atoms with Crippen molar-refractivity contribution in [2.75, 3.05) is 18.0 Å². The molecule has 1 N–H and O–H groups in total. The first-order valence-electron chi connectivity index (χ1n) is 11.2. The third kappa shape index (κ3) is 3.95. The largest absolute Gasteiger partial charge is 0.491 e. The molecule has 4 nitrogen and oxygen atoms in total. The molecular formula is C24H31FN2O2. The highest BCUT2D eigenvalue weighted by Crippen LogP contribution is 2.37. The van der Waals surface area contributed by atoms with E-state index in [1.54, 1.807) is 12.1 Å². The van der Waals surface area contributed by atoms with Gasteiger partial charge in [0.15, 0.2) is 0 Å². The summed E-state index contributed by atoms with van der Waals surface area (Å²) >= 11 is 0. The van der Waals surface area contributed by atoms with Crippen LogP contribution in [-0.2, 0) is 4.74 Å². The van der Waals surface area contributed by atoms with Crippen LogP contribution in [0.5, 0.6) is 0 Å². The third-order valence-electron chi connectivity index (χ3n) is 7.14. The summed E-state index contributed by atoms with van der Waals surface area (Å²) in [7, 11) is 0. The van der Waals surface area contributed by atoms with E-state index < -0.39 is 6.23 Å². The Bertz CT molecular complexity index is 779. The number of hydrogen-bond donors (Lipinski definition) is 1. The van der Waals surface area contributed by atoms with Gasteiger partial charge in [0.25, 0.3) is 0 Å². The average Bonchev–Trinajstić information content (AvgIpc) is 2.69. The number of aliphatic hydroxyl groups excluding tert-OH is 1. The van der Waals surface area contributed by atoms with Crippen LogP contribution in [0.25, 0.3) is 0 Å². The van der Waals surface area contributed by atoms with Gasteiger partial charge in [0.1, 0.15) is 23.9 Å². The number of aliphatic hydroxyl groups is 1. The van der Waals surface area contributed by atoms with Gasteiger partial charge in [-0.1, -0.05) is 6.42 Å². The van der Waals surface area contributed by atoms with Crippen LogP contribution in [0, 0.1) is 5.82 Å². The zero-order valence-electron chi connectivity index (χ0n) is 17.0. The number of anilines is 1. The second-order valence-electron chi connectivity index (χ2n) is 8.92. The van der Waals surface area contributed by atoms with Gasteiger partial charge in [-0.15, -0.1) is 0 Å². The molecule has 156 valence electrons. The molecule has 2 unspecified atom stereocenters. The highest BCUT2D eigenvalue weighted by atomic mass is 19.1. The van der Waals surface area contributed by atoms with E-state index in [0.717, 1.165) is 56.3 Å². The highest BCUT2D eigenvalue weighted by Gasteiger charge is 2.35. The summed E-state index contributed by atoms with van der Waals surface area (Å²) in [6.07, 6.45) is 12.9. The van der Waals surface area contributed by atoms with Gasteiger partial charge < -0.3 is 19.6 Å². The van der Waals surface area contributed by atoms with Gasteiger partial charge in [0, 0.05) is 24.8 Å². The van der Waals surface area contributed by atoms with Gasteiger partial charge in [-0.05, 0) is 86.9 Å². The van der Waals surface area contributed by atoms with E-state index in [2.05, 4.69) is 17.1 Å². The van der Waals surface area contributed by atoms with Gasteiger partial charge in [0.2, 0.25) is 0 Å². The molecule has 1 saturated carbocycles. The van der Waals surface area contributed by atoms with Crippen molar-refractivity contribution >= 4 is 5.69 Å². The Morgan fingerprint density at radius 2 is 1.76 bits per heavy atom. The smallest absolute Gasteiger partial charge is 0.127 e. The predicted molar refractivity (Wildman–Crippen MR) is 112 cm³/mol. The fourth-order valence-corrected chi connectivity index (χ4v) is 5.24. The van der Waals surface area contributed by atoms with Crippen LogP contribution in [0.4, 0.5) is 10.1 Å². The number of hydrogen-bond acceptors (Lipinski definition) is 4. The Balaban J connectivity index is 1.22. The van der Waals surface area contributed by atoms with Crippen molar-refractivity contribution in [2.24, 2.45) is 0 Å². The number of nitrogens with zero attached hydrogens (tertiary/aromatic N) is 2. The van der Waals surface area contributed by atoms with Gasteiger partial charge in [-0.25, -0.2) is 4.39 Å². The van der Waals surface area contributed by atoms with Crippen LogP contribution in [0.2, 0.25) is 0 Å². The van der Waals surface area contributed by atoms with Crippen molar-refractivity contribution in [3.8, 4) is 0 Å². The number of allylic oxidation sites excluding steroid dienone is 1. The van der Waals surface area contributed by atoms with Gasteiger partial charge in [-0.3, -0.25) is 0 Å². The number of ether oxygens (including phenoxy) is 1. The van der Waals surface area contributed by atoms with Crippen molar-refractivity contribution in [3.05, 3.63) is 53.6 Å². The van der Waals surface area contributed by atoms with Crippen molar-refractivity contribution in [3.63, 3.8) is 0 Å². The monoisotopic (exact) mass is 398 g/mol. The van der Waals surface area contributed by atoms with Gasteiger partial charge in [-0.2, -0.15) is 0 Å². The number of halogens is 1. The first-order chi connectivity index (χ1) is 14.2. The molecule has 2 saturated heterocycles. The lowest BCUT2D eigenvalue weighted by atomic mass is 9.87. The SMILES string of the molecule is OC1CCC2=CC(OC3CCN(C4CCC4)CC3)=CCC2N1c1ccc(F)cc1. The molecule has 2 aliphatic carbocycles. The molecule has 5 heteroatoms. The second-order valence-corrected chi connectivity index (χ2v) is 8.92. The standard InChI is InChI=1S/C24H31FN2O2/c25-18-5-7-20(8-6-18)27-23-10-9-22(16-17(23)4-11-24(27)28)29-21-12-14-26(15-13-21)19-2-1-3-19/h5-9,16,19,21,23-24,28H,1-4,10-15H2. The molecule has 0 amide bonds. The molecule has 2 heterocycles. The molecule has 2 aliphatic heterocycles. The summed E-state index contributed by atoms with van der Waals surface area (Å²) in [4.78, 5) is 4.68. The van der Waals surface area contributed by atoms with Crippen LogP contribution in [0.1, 0.15) is 51.4 Å². The van der Waals surface area contributed by atoms with Crippen molar-refractivity contribution in [2.45, 2.75) is 75.8 Å². The minimum Gasteiger partial charge on any atom is -0.491 e. The maximum Gasteiger partial charge on any atom is 0.127 e. The first-order valence-corrected chi connectivity index (χ1v) is 11.2. The molecule has 4 aliphatic rings. The predicted octanol–water partition coefficient (Wildman–Crippen LogP) is 4.36. The Hall–Kier alpha value is -1.85. The normalized spacial score (nSPS) is 29.0. The summed E-state index contributed by atoms with van der Waals surface area (Å²) in [5.41, 5.74) is 2.18. The van der Waals surface area contributed by atoms with E-state index in [1.165, 1.54) is 37.0 Å². The summed E-state index contributed by atoms with van der Waals surface area (Å²) in [5, 5.41) is 10.6. The van der Waals surface area contributed by atoms with Crippen molar-refractivity contribution in [1.29, 1.82) is 0 Å². The van der Waals surface area contributed by atoms with Crippen molar-refractivity contribution < 1.29 is 14.2 Å². The molecule has 0 spiro atoms. The molecule has 0 bridgehead atoms. The van der Waals surface area contributed by atoms with E-state index in [9.17, 15) is 9.50 Å². The maximum absolute atomic E-state index is 13.3. The van der Waals surface area contributed by atoms with Crippen LogP contribution < -0.4 is 4.90 Å². The summed E-state index contributed by atoms with van der Waals surface area (Å²) in [6, 6.07) is 7.39. The molecule has 0 radical (unpaired) electrons. The number of piperidine rings is 2. The van der Waals surface area contributed by atoms with Crippen molar-refractivity contribution in [1.82, 2.24) is 4.90 Å². The molecule has 29 heavy (non-hydrogen) atoms. The Kier molecular flexibility index (Phi) is 5.35. The van der Waals surface area contributed by atoms with E-state index in [1.807, 2.05) is 4.90 Å². The number of fused-ring (bicyclic) bond motifs is 1. The van der Waals surface area contributed by atoms with Crippen LogP contribution >= 0.6 is 0 Å². The molecule has 1 aromatic rings. The molecule has 3 fully saturated rings. The average molecular weight is 399 g/mol. The topological polar surface area (TPSA) is 35.9 Å². The highest BCUT2D eigenvalue weighted by molar-refractivity contribution is 5.52. The van der Waals surface area contributed by atoms with Gasteiger partial charge in [0.05, 0.1) is 6.04 Å². The summed E-state index contributed by atoms with van der Waals surface area (Å²) in [5.74, 6) is 0.743. The first kappa shape index (κ1) is 19.1. The fourth-order valence-electron chi connectivity index (χ4n) is 5.24. The summed E-state index contributed by atoms with van der Waals surface area (Å²) in [6.45, 7) is 2.32.